The molecule has 0 heterocycles. The summed E-state index contributed by atoms with van der Waals surface area (Å²) < 4.78 is 23.1. The molecule has 0 aliphatic heterocycles. The minimum atomic E-state index is -1.44. The first-order valence-electron chi connectivity index (χ1n) is 10.5. The Morgan fingerprint density at radius 2 is 1.59 bits per heavy atom. The van der Waals surface area contributed by atoms with E-state index in [4.69, 9.17) is 21.1 Å². The van der Waals surface area contributed by atoms with Gasteiger partial charge in [0.05, 0.1) is 10.8 Å². The molecule has 1 aliphatic rings. The lowest BCUT2D eigenvalue weighted by Gasteiger charge is -2.21. The van der Waals surface area contributed by atoms with Crippen LogP contribution in [-0.2, 0) is 22.0 Å². The van der Waals surface area contributed by atoms with Crippen molar-refractivity contribution in [3.63, 3.8) is 0 Å². The Hall–Kier alpha value is -2.63. The number of hydrogen-bond donors (Lipinski definition) is 0. The van der Waals surface area contributed by atoms with Gasteiger partial charge in [0.15, 0.2) is 0 Å². The number of carbonyl (C=O) groups is 1. The molecule has 1 saturated carbocycles. The number of rotatable bonds is 8. The van der Waals surface area contributed by atoms with Crippen molar-refractivity contribution >= 4 is 28.6 Å². The van der Waals surface area contributed by atoms with Gasteiger partial charge in [-0.05, 0) is 56.0 Å². The van der Waals surface area contributed by atoms with Crippen molar-refractivity contribution in [2.75, 3.05) is 6.61 Å². The molecular weight excluding hydrogens is 444 g/mol. The van der Waals surface area contributed by atoms with Gasteiger partial charge < -0.3 is 9.47 Å². The number of para-hydroxylation sites is 1. The van der Waals surface area contributed by atoms with E-state index in [2.05, 4.69) is 0 Å². The Morgan fingerprint density at radius 3 is 2.25 bits per heavy atom. The quantitative estimate of drug-likeness (QED) is 0.222. The average Bonchev–Trinajstić information content (AvgIpc) is 3.43. The number of hydrogen-bond acceptors (Lipinski definition) is 4. The number of ether oxygens (including phenoxy) is 2. The fraction of sp³-hybridized carbons (Fsp3) is 0.269. The molecule has 0 bridgehead atoms. The van der Waals surface area contributed by atoms with Crippen LogP contribution in [-0.4, -0.2) is 21.2 Å². The van der Waals surface area contributed by atoms with E-state index in [1.54, 1.807) is 24.3 Å². The molecule has 6 heteroatoms. The first-order chi connectivity index (χ1) is 15.4. The molecule has 3 aromatic carbocycles. The molecule has 3 atom stereocenters. The predicted molar refractivity (Wildman–Crippen MR) is 126 cm³/mol. The molecule has 1 fully saturated rings. The van der Waals surface area contributed by atoms with Crippen LogP contribution in [0.15, 0.2) is 89.8 Å². The summed E-state index contributed by atoms with van der Waals surface area (Å²) in [5, 5.41) is 0. The van der Waals surface area contributed by atoms with E-state index in [1.165, 1.54) is 0 Å². The lowest BCUT2D eigenvalue weighted by molar-refractivity contribution is 0.0768. The zero-order chi connectivity index (χ0) is 22.6. The third kappa shape index (κ3) is 4.89. The lowest BCUT2D eigenvalue weighted by Crippen LogP contribution is -2.27. The molecule has 0 amide bonds. The van der Waals surface area contributed by atoms with Crippen LogP contribution in [0, 0.1) is 12.3 Å². The Bertz CT molecular complexity index is 1090. The predicted octanol–water partition coefficient (Wildman–Crippen LogP) is 6.28. The van der Waals surface area contributed by atoms with Crippen molar-refractivity contribution in [3.05, 3.63) is 96.1 Å². The van der Waals surface area contributed by atoms with E-state index >= 15 is 0 Å². The second-order valence-electron chi connectivity index (χ2n) is 8.21. The summed E-state index contributed by atoms with van der Waals surface area (Å²) in [4.78, 5) is 13.0. The Kier molecular flexibility index (Phi) is 6.68. The fourth-order valence-corrected chi connectivity index (χ4v) is 6.24. The van der Waals surface area contributed by atoms with Gasteiger partial charge in [-0.15, -0.1) is 11.6 Å². The number of carbonyl (C=O) groups excluding carboxylic acids is 1. The molecular formula is C26H25ClO4S. The van der Waals surface area contributed by atoms with Crippen LogP contribution in [0.25, 0.3) is 0 Å². The maximum atomic E-state index is 13.4. The van der Waals surface area contributed by atoms with Gasteiger partial charge in [0.2, 0.25) is 0 Å². The number of halogens is 1. The van der Waals surface area contributed by atoms with Gasteiger partial charge in [0.25, 0.3) is 0 Å². The maximum Gasteiger partial charge on any atom is 0.513 e. The minimum Gasteiger partial charge on any atom is -0.433 e. The number of aryl methyl sites for hydroxylation is 2. The van der Waals surface area contributed by atoms with Crippen molar-refractivity contribution in [2.45, 2.75) is 35.3 Å². The van der Waals surface area contributed by atoms with E-state index in [0.717, 1.165) is 17.5 Å². The molecule has 1 aliphatic carbocycles. The van der Waals surface area contributed by atoms with Crippen molar-refractivity contribution in [1.29, 1.82) is 0 Å². The van der Waals surface area contributed by atoms with Gasteiger partial charge in [-0.2, -0.15) is 0 Å². The third-order valence-corrected chi connectivity index (χ3v) is 8.73. The van der Waals surface area contributed by atoms with Crippen LogP contribution >= 0.6 is 11.6 Å². The van der Waals surface area contributed by atoms with Crippen LogP contribution < -0.4 is 4.74 Å². The molecule has 0 radical (unpaired) electrons. The van der Waals surface area contributed by atoms with Crippen molar-refractivity contribution < 1.29 is 18.5 Å². The summed E-state index contributed by atoms with van der Waals surface area (Å²) in [5.41, 5.74) is 1.65. The summed E-state index contributed by atoms with van der Waals surface area (Å²) in [6.07, 6.45) is 1.10. The van der Waals surface area contributed by atoms with E-state index in [0.29, 0.717) is 23.5 Å². The second kappa shape index (κ2) is 9.47. The highest BCUT2D eigenvalue weighted by Crippen LogP contribution is 2.66. The average molecular weight is 469 g/mol. The Morgan fingerprint density at radius 1 is 0.969 bits per heavy atom. The molecule has 32 heavy (non-hydrogen) atoms. The first-order valence-corrected chi connectivity index (χ1v) is 12.1. The molecule has 166 valence electrons. The zero-order valence-corrected chi connectivity index (χ0v) is 19.4. The Labute approximate surface area is 196 Å². The second-order valence-corrected chi connectivity index (χ2v) is 10.8. The van der Waals surface area contributed by atoms with Crippen LogP contribution in [0.3, 0.4) is 0 Å². The van der Waals surface area contributed by atoms with Gasteiger partial charge in [0.1, 0.15) is 16.6 Å². The molecule has 0 aromatic heterocycles. The first kappa shape index (κ1) is 22.6. The van der Waals surface area contributed by atoms with Crippen LogP contribution in [0.4, 0.5) is 4.79 Å². The van der Waals surface area contributed by atoms with Gasteiger partial charge >= 0.3 is 6.16 Å². The van der Waals surface area contributed by atoms with Gasteiger partial charge in [-0.25, -0.2) is 4.79 Å². The van der Waals surface area contributed by atoms with Gasteiger partial charge in [-0.1, -0.05) is 66.2 Å². The molecule has 4 nitrogen and oxygen atoms in total. The molecule has 1 unspecified atom stereocenters. The minimum absolute atomic E-state index is 0.0482. The normalized spacial score (nSPS) is 22.7. The maximum absolute atomic E-state index is 13.4. The standard InChI is InChI=1S/C26H25ClO4S/c1-20-12-14-23(15-13-20)32(29)26(27)18-25(26,17-16-21-8-4-2-5-9-21)19-30-24(28)31-22-10-6-3-7-11-22/h2-15H,16-19H2,1H3/t25-,26-,32?/m0/s1. The fourth-order valence-electron chi connectivity index (χ4n) is 3.85. The molecule has 4 rings (SSSR count). The monoisotopic (exact) mass is 468 g/mol. The Balaban J connectivity index is 1.49. The third-order valence-electron chi connectivity index (χ3n) is 5.91. The van der Waals surface area contributed by atoms with Gasteiger partial charge in [0, 0.05) is 10.3 Å². The number of benzene rings is 3. The highest BCUT2D eigenvalue weighted by Gasteiger charge is 2.71. The van der Waals surface area contributed by atoms with E-state index in [1.807, 2.05) is 67.6 Å². The summed E-state index contributed by atoms with van der Waals surface area (Å²) in [5.74, 6) is 0.409. The molecule has 0 saturated heterocycles. The van der Waals surface area contributed by atoms with Crippen molar-refractivity contribution in [3.8, 4) is 5.75 Å². The smallest absolute Gasteiger partial charge is 0.433 e. The molecule has 3 aromatic rings. The highest BCUT2D eigenvalue weighted by atomic mass is 35.5. The summed E-state index contributed by atoms with van der Waals surface area (Å²) >= 11 is 6.97. The van der Waals surface area contributed by atoms with E-state index < -0.39 is 26.6 Å². The molecule has 0 N–H and O–H groups in total. The van der Waals surface area contributed by atoms with E-state index in [9.17, 15) is 9.00 Å². The number of alkyl halides is 1. The van der Waals surface area contributed by atoms with E-state index in [-0.39, 0.29) is 6.61 Å². The largest absolute Gasteiger partial charge is 0.513 e. The van der Waals surface area contributed by atoms with Crippen LogP contribution in [0.1, 0.15) is 24.0 Å². The molecule has 0 spiro atoms. The SMILES string of the molecule is Cc1ccc(S(=O)[C@@]2(Cl)C[C@@]2(CCc2ccccc2)COC(=O)Oc2ccccc2)cc1. The van der Waals surface area contributed by atoms with Crippen LogP contribution in [0.5, 0.6) is 5.75 Å². The van der Waals surface area contributed by atoms with Crippen LogP contribution in [0.2, 0.25) is 0 Å². The van der Waals surface area contributed by atoms with Crippen molar-refractivity contribution in [1.82, 2.24) is 0 Å². The highest BCUT2D eigenvalue weighted by molar-refractivity contribution is 7.88. The summed E-state index contributed by atoms with van der Waals surface area (Å²) in [7, 11) is -1.44. The lowest BCUT2D eigenvalue weighted by atomic mass is 9.97. The van der Waals surface area contributed by atoms with Gasteiger partial charge in [-0.3, -0.25) is 4.21 Å². The van der Waals surface area contributed by atoms with Crippen molar-refractivity contribution in [2.24, 2.45) is 5.41 Å². The summed E-state index contributed by atoms with van der Waals surface area (Å²) in [6, 6.07) is 26.3. The zero-order valence-electron chi connectivity index (χ0n) is 17.8. The topological polar surface area (TPSA) is 52.6 Å². The summed E-state index contributed by atoms with van der Waals surface area (Å²) in [6.45, 7) is 2.03.